The number of halogens is 2. The second-order valence-electron chi connectivity index (χ2n) is 5.12. The van der Waals surface area contributed by atoms with Crippen molar-refractivity contribution in [3.8, 4) is 5.75 Å². The van der Waals surface area contributed by atoms with Crippen molar-refractivity contribution in [1.29, 1.82) is 0 Å². The summed E-state index contributed by atoms with van der Waals surface area (Å²) in [6, 6.07) is 13.4. The van der Waals surface area contributed by atoms with Crippen molar-refractivity contribution < 1.29 is 9.13 Å². The van der Waals surface area contributed by atoms with E-state index in [-0.39, 0.29) is 5.82 Å². The van der Waals surface area contributed by atoms with Crippen LogP contribution in [0.5, 0.6) is 5.75 Å². The van der Waals surface area contributed by atoms with Crippen LogP contribution in [0, 0.1) is 5.82 Å². The molecule has 2 rings (SSSR count). The maximum Gasteiger partial charge on any atom is 0.123 e. The minimum atomic E-state index is -0.280. The molecule has 0 spiro atoms. The van der Waals surface area contributed by atoms with Gasteiger partial charge in [-0.1, -0.05) is 28.8 Å². The van der Waals surface area contributed by atoms with E-state index in [2.05, 4.69) is 26.2 Å². The Morgan fingerprint density at radius 1 is 0.783 bits per heavy atom. The number of azo groups is 1. The molecule has 2 aromatic rings. The van der Waals surface area contributed by atoms with Crippen LogP contribution in [0.2, 0.25) is 0 Å². The van der Waals surface area contributed by atoms with Crippen LogP contribution in [0.15, 0.2) is 58.8 Å². The average Bonchev–Trinajstić information content (AvgIpc) is 2.58. The summed E-state index contributed by atoms with van der Waals surface area (Å²) in [6.07, 6.45) is 4.71. The second kappa shape index (κ2) is 10.1. The first kappa shape index (κ1) is 17.6. The van der Waals surface area contributed by atoms with Gasteiger partial charge in [-0.05, 0) is 61.4 Å². The lowest BCUT2D eigenvalue weighted by Crippen LogP contribution is -1.96. The monoisotopic (exact) mass is 378 g/mol. The van der Waals surface area contributed by atoms with E-state index in [0.29, 0.717) is 5.69 Å². The maximum atomic E-state index is 12.8. The molecule has 0 aliphatic rings. The number of hydrogen-bond donors (Lipinski definition) is 0. The van der Waals surface area contributed by atoms with Gasteiger partial charge in [-0.3, -0.25) is 0 Å². The van der Waals surface area contributed by atoms with Gasteiger partial charge in [0.05, 0.1) is 18.0 Å². The summed E-state index contributed by atoms with van der Waals surface area (Å²) < 4.78 is 18.5. The fraction of sp³-hybridized carbons (Fsp3) is 0.333. The van der Waals surface area contributed by atoms with Gasteiger partial charge in [-0.2, -0.15) is 10.2 Å². The Morgan fingerprint density at radius 2 is 1.35 bits per heavy atom. The first-order valence-electron chi connectivity index (χ1n) is 7.74. The van der Waals surface area contributed by atoms with Crippen molar-refractivity contribution in [1.82, 2.24) is 0 Å². The fourth-order valence-corrected chi connectivity index (χ4v) is 2.37. The van der Waals surface area contributed by atoms with Crippen molar-refractivity contribution in [2.45, 2.75) is 25.7 Å². The van der Waals surface area contributed by atoms with Crippen LogP contribution in [0.25, 0.3) is 0 Å². The number of unbranched alkanes of at least 4 members (excludes halogenated alkanes) is 3. The fourth-order valence-electron chi connectivity index (χ4n) is 1.97. The molecule has 2 aromatic carbocycles. The molecule has 0 unspecified atom stereocenters. The summed E-state index contributed by atoms with van der Waals surface area (Å²) in [6.45, 7) is 0.735. The molecule has 0 radical (unpaired) electrons. The number of ether oxygens (including phenoxy) is 1. The van der Waals surface area contributed by atoms with Gasteiger partial charge >= 0.3 is 0 Å². The molecule has 0 heterocycles. The highest BCUT2D eigenvalue weighted by molar-refractivity contribution is 9.09. The Morgan fingerprint density at radius 3 is 1.96 bits per heavy atom. The van der Waals surface area contributed by atoms with E-state index in [0.717, 1.165) is 29.8 Å². The average molecular weight is 379 g/mol. The van der Waals surface area contributed by atoms with Gasteiger partial charge in [-0.15, -0.1) is 0 Å². The number of rotatable bonds is 9. The highest BCUT2D eigenvalue weighted by atomic mass is 79.9. The van der Waals surface area contributed by atoms with Gasteiger partial charge in [0.25, 0.3) is 0 Å². The SMILES string of the molecule is Fc1ccc(N=Nc2ccc(OCCCCCCBr)cc2)cc1. The van der Waals surface area contributed by atoms with E-state index in [1.165, 1.54) is 31.4 Å². The molecule has 23 heavy (non-hydrogen) atoms. The lowest BCUT2D eigenvalue weighted by molar-refractivity contribution is 0.305. The smallest absolute Gasteiger partial charge is 0.123 e. The Kier molecular flexibility index (Phi) is 7.73. The Balaban J connectivity index is 1.76. The number of hydrogen-bond acceptors (Lipinski definition) is 3. The van der Waals surface area contributed by atoms with Crippen molar-refractivity contribution in [2.75, 3.05) is 11.9 Å². The third kappa shape index (κ3) is 6.91. The minimum absolute atomic E-state index is 0.280. The standard InChI is InChI=1S/C18H20BrFN2O/c19-13-3-1-2-4-14-23-18-11-9-17(10-12-18)22-21-16-7-5-15(20)6-8-16/h5-12H,1-4,13-14H2. The van der Waals surface area contributed by atoms with Gasteiger partial charge in [-0.25, -0.2) is 4.39 Å². The van der Waals surface area contributed by atoms with E-state index >= 15 is 0 Å². The predicted molar refractivity (Wildman–Crippen MR) is 94.8 cm³/mol. The highest BCUT2D eigenvalue weighted by Crippen LogP contribution is 2.21. The van der Waals surface area contributed by atoms with Crippen LogP contribution in [-0.2, 0) is 0 Å². The first-order valence-corrected chi connectivity index (χ1v) is 8.86. The summed E-state index contributed by atoms with van der Waals surface area (Å²) >= 11 is 3.43. The van der Waals surface area contributed by atoms with Gasteiger partial charge in [0, 0.05) is 5.33 Å². The maximum absolute atomic E-state index is 12.8. The molecular weight excluding hydrogens is 359 g/mol. The van der Waals surface area contributed by atoms with Crippen molar-refractivity contribution in [3.63, 3.8) is 0 Å². The van der Waals surface area contributed by atoms with Gasteiger partial charge in [0.1, 0.15) is 11.6 Å². The normalized spacial score (nSPS) is 11.0. The lowest BCUT2D eigenvalue weighted by atomic mass is 10.2. The van der Waals surface area contributed by atoms with Gasteiger partial charge < -0.3 is 4.74 Å². The van der Waals surface area contributed by atoms with E-state index in [9.17, 15) is 4.39 Å². The summed E-state index contributed by atoms with van der Waals surface area (Å²) in [5.74, 6) is 0.559. The molecule has 0 atom stereocenters. The summed E-state index contributed by atoms with van der Waals surface area (Å²) in [7, 11) is 0. The number of nitrogens with zero attached hydrogens (tertiary/aromatic N) is 2. The molecule has 0 aliphatic carbocycles. The van der Waals surface area contributed by atoms with Crippen LogP contribution in [-0.4, -0.2) is 11.9 Å². The molecular formula is C18H20BrFN2O. The number of benzene rings is 2. The van der Waals surface area contributed by atoms with E-state index < -0.39 is 0 Å². The van der Waals surface area contributed by atoms with E-state index in [1.54, 1.807) is 12.1 Å². The zero-order valence-electron chi connectivity index (χ0n) is 12.9. The minimum Gasteiger partial charge on any atom is -0.494 e. The topological polar surface area (TPSA) is 34.0 Å². The van der Waals surface area contributed by atoms with Gasteiger partial charge in [0.15, 0.2) is 0 Å². The Labute approximate surface area is 144 Å². The first-order chi connectivity index (χ1) is 11.3. The Hall–Kier alpha value is -1.75. The van der Waals surface area contributed by atoms with Crippen LogP contribution in [0.4, 0.5) is 15.8 Å². The zero-order valence-corrected chi connectivity index (χ0v) is 14.5. The molecule has 0 aromatic heterocycles. The van der Waals surface area contributed by atoms with Crippen LogP contribution >= 0.6 is 15.9 Å². The van der Waals surface area contributed by atoms with Crippen LogP contribution in [0.3, 0.4) is 0 Å². The quantitative estimate of drug-likeness (QED) is 0.275. The van der Waals surface area contributed by atoms with Crippen molar-refractivity contribution >= 4 is 27.3 Å². The molecule has 0 amide bonds. The van der Waals surface area contributed by atoms with Crippen LogP contribution in [0.1, 0.15) is 25.7 Å². The highest BCUT2D eigenvalue weighted by Gasteiger charge is 1.96. The molecule has 0 aliphatic heterocycles. The van der Waals surface area contributed by atoms with Crippen molar-refractivity contribution in [2.24, 2.45) is 10.2 Å². The van der Waals surface area contributed by atoms with Crippen molar-refractivity contribution in [3.05, 3.63) is 54.3 Å². The Bertz CT molecular complexity index is 599. The third-order valence-electron chi connectivity index (χ3n) is 3.24. The summed E-state index contributed by atoms with van der Waals surface area (Å²) in [4.78, 5) is 0. The van der Waals surface area contributed by atoms with Gasteiger partial charge in [0.2, 0.25) is 0 Å². The molecule has 0 N–H and O–H groups in total. The number of alkyl halides is 1. The third-order valence-corrected chi connectivity index (χ3v) is 3.80. The molecule has 5 heteroatoms. The molecule has 0 fully saturated rings. The molecule has 0 saturated carbocycles. The zero-order chi connectivity index (χ0) is 16.3. The molecule has 0 bridgehead atoms. The van der Waals surface area contributed by atoms with E-state index in [4.69, 9.17) is 4.74 Å². The molecule has 3 nitrogen and oxygen atoms in total. The van der Waals surface area contributed by atoms with E-state index in [1.807, 2.05) is 24.3 Å². The summed E-state index contributed by atoms with van der Waals surface area (Å²) in [5.41, 5.74) is 1.36. The predicted octanol–water partition coefficient (Wildman–Crippen LogP) is 6.58. The summed E-state index contributed by atoms with van der Waals surface area (Å²) in [5, 5.41) is 9.26. The second-order valence-corrected chi connectivity index (χ2v) is 5.91. The lowest BCUT2D eigenvalue weighted by Gasteiger charge is -2.05. The largest absolute Gasteiger partial charge is 0.494 e. The van der Waals surface area contributed by atoms with Crippen LogP contribution < -0.4 is 4.74 Å². The molecule has 0 saturated heterocycles. The molecule has 122 valence electrons.